The molecule has 10 heterocycles. The van der Waals surface area contributed by atoms with Crippen LogP contribution in [0, 0.1) is 5.92 Å². The summed E-state index contributed by atoms with van der Waals surface area (Å²) in [4.78, 5) is 81.0. The van der Waals surface area contributed by atoms with E-state index in [1.165, 1.54) is 45.8 Å². The van der Waals surface area contributed by atoms with Gasteiger partial charge in [0.1, 0.15) is 23.7 Å². The van der Waals surface area contributed by atoms with Crippen molar-refractivity contribution in [2.45, 2.75) is 50.0 Å². The molecule has 2 aliphatic rings. The fourth-order valence-electron chi connectivity index (χ4n) is 14.3. The van der Waals surface area contributed by atoms with Gasteiger partial charge in [-0.25, -0.2) is 0 Å². The maximum atomic E-state index is 13.1. The van der Waals surface area contributed by atoms with E-state index in [9.17, 15) is 19.2 Å². The van der Waals surface area contributed by atoms with Gasteiger partial charge in [0.05, 0.1) is 11.6 Å². The molecule has 1 amide bonds. The molecule has 17 aromatic rings. The fraction of sp³-hybridized carbons (Fsp3) is 0.113. The highest BCUT2D eigenvalue weighted by Crippen LogP contribution is 2.50. The van der Waals surface area contributed by atoms with Crippen LogP contribution in [0.15, 0.2) is 244 Å². The number of aromatic nitrogens is 9. The summed E-state index contributed by atoms with van der Waals surface area (Å²) in [7, 11) is 0. The third-order valence-electron chi connectivity index (χ3n) is 18.9. The van der Waals surface area contributed by atoms with Gasteiger partial charge in [0.2, 0.25) is 11.7 Å². The standard InChI is InChI=1S/C21H17N3O2.C20H13N3O.C20H18N2.C19H16N2O/c25-11-12-9-15-13-5-2-4-8-18(13)24-20(15)19(21(26)23-12)16-10-22-17-7-3-1-6-14(16)17;24-20(15-11-22-16-7-3-1-6-13(15)16)19-18-14(9-10-21-19)12-5-2-4-8-17(12)23-18;1-3-7-18-14(5-1)16(11-21-18)20(13-9-10-13)17-12-22-19-8-4-2-6-15(17)19;22-15(9-13-11-20-18-7-3-1-5-16(13)18)10-14-12-21-19-8-4-2-6-17(14)19/h1-8,10-12,19,22,24H,9H2,(H,23,26);1-11,22-23H;1-8,11-13,20-22H,9-10H2;1-8,11-12,20-21H,9-10H2/t12-,19+;;;/m0.../s1. The second-order valence-corrected chi connectivity index (χ2v) is 24.6. The Morgan fingerprint density at radius 3 is 1.48 bits per heavy atom. The normalized spacial score (nSPS) is 14.6. The average Bonchev–Trinajstić information content (AvgIpc) is 1.62. The van der Waals surface area contributed by atoms with Gasteiger partial charge in [0.25, 0.3) is 0 Å². The van der Waals surface area contributed by atoms with E-state index in [-0.39, 0.29) is 17.5 Å². The lowest BCUT2D eigenvalue weighted by Gasteiger charge is -2.15. The summed E-state index contributed by atoms with van der Waals surface area (Å²) in [6.45, 7) is 0. The number of amides is 1. The van der Waals surface area contributed by atoms with Gasteiger partial charge in [0, 0.05) is 172 Å². The SMILES string of the molecule is O=C(Cc1c[nH]c2ccccc12)Cc1c[nH]c2ccccc12.O=C(c1c[nH]c2ccccc12)c1nccc2c1[nH]c1ccccc12.O=C[C@@H]1Cc2c([nH]c3ccccc23)[C@@H](c2c[nH]c3ccccc23)C(=O)N1.c1ccc2c(C(c3c[nH]c4ccccc34)C3CC3)c[nH]c2c1. The molecule has 2 atom stereocenters. The van der Waals surface area contributed by atoms with Crippen molar-refractivity contribution in [2.24, 2.45) is 5.92 Å². The molecule has 9 N–H and O–H groups in total. The number of hydrogen-bond acceptors (Lipinski definition) is 5. The van der Waals surface area contributed by atoms with Crippen LogP contribution in [0.1, 0.15) is 79.8 Å². The first-order valence-electron chi connectivity index (χ1n) is 31.9. The quantitative estimate of drug-likeness (QED) is 0.0455. The third-order valence-corrected chi connectivity index (χ3v) is 18.9. The second-order valence-electron chi connectivity index (χ2n) is 24.6. The number of nitrogens with one attached hydrogen (secondary N) is 9. The molecule has 0 radical (unpaired) electrons. The lowest BCUT2D eigenvalue weighted by molar-refractivity contribution is -0.124. The van der Waals surface area contributed by atoms with Crippen molar-refractivity contribution >= 4 is 122 Å². The summed E-state index contributed by atoms with van der Waals surface area (Å²) in [6.07, 6.45) is 18.6. The highest BCUT2D eigenvalue weighted by atomic mass is 16.2. The van der Waals surface area contributed by atoms with Crippen LogP contribution in [0.4, 0.5) is 0 Å². The number of para-hydroxylation sites is 8. The topological polar surface area (TPSA) is 220 Å². The smallest absolute Gasteiger partial charge is 0.234 e. The first kappa shape index (κ1) is 57.2. The van der Waals surface area contributed by atoms with Gasteiger partial charge in [-0.2, -0.15) is 0 Å². The van der Waals surface area contributed by atoms with E-state index in [0.29, 0.717) is 36.4 Å². The zero-order valence-corrected chi connectivity index (χ0v) is 51.1. The van der Waals surface area contributed by atoms with Crippen molar-refractivity contribution in [3.8, 4) is 0 Å². The summed E-state index contributed by atoms with van der Waals surface area (Å²) in [6, 6.07) is 66.6. The number of H-pyrrole nitrogens is 8. The first-order valence-corrected chi connectivity index (χ1v) is 31.9. The van der Waals surface area contributed by atoms with Crippen molar-refractivity contribution in [2.75, 3.05) is 0 Å². The number of carbonyl (C=O) groups excluding carboxylic acids is 4. The minimum absolute atomic E-state index is 0.0791. The lowest BCUT2D eigenvalue weighted by atomic mass is 9.87. The minimum Gasteiger partial charge on any atom is -0.361 e. The minimum atomic E-state index is -0.518. The van der Waals surface area contributed by atoms with E-state index < -0.39 is 12.0 Å². The molecule has 0 unspecified atom stereocenters. The summed E-state index contributed by atoms with van der Waals surface area (Å²) in [5.41, 5.74) is 18.3. The molecule has 8 aromatic carbocycles. The zero-order chi connectivity index (χ0) is 63.2. The molecular formula is C80H64N10O4. The van der Waals surface area contributed by atoms with Gasteiger partial charge in [-0.3, -0.25) is 19.4 Å². The van der Waals surface area contributed by atoms with Crippen LogP contribution in [0.5, 0.6) is 0 Å². The Kier molecular flexibility index (Phi) is 14.8. The van der Waals surface area contributed by atoms with Crippen molar-refractivity contribution in [1.29, 1.82) is 0 Å². The molecule has 458 valence electrons. The molecule has 14 nitrogen and oxygen atoms in total. The summed E-state index contributed by atoms with van der Waals surface area (Å²) in [5, 5.41) is 13.0. The first-order chi connectivity index (χ1) is 46.3. The van der Waals surface area contributed by atoms with Crippen molar-refractivity contribution in [1.82, 2.24) is 50.2 Å². The predicted molar refractivity (Wildman–Crippen MR) is 376 cm³/mol. The Morgan fingerprint density at radius 2 is 0.904 bits per heavy atom. The second kappa shape index (κ2) is 24.3. The molecule has 94 heavy (non-hydrogen) atoms. The van der Waals surface area contributed by atoms with Crippen molar-refractivity contribution in [3.63, 3.8) is 0 Å². The van der Waals surface area contributed by atoms with Crippen LogP contribution in [0.2, 0.25) is 0 Å². The van der Waals surface area contributed by atoms with E-state index >= 15 is 0 Å². The number of ketones is 2. The molecule has 0 bridgehead atoms. The molecule has 1 aliphatic heterocycles. The molecular weight excluding hydrogens is 1160 g/mol. The number of Topliss-reactive ketones (excluding diaryl/α,β-unsaturated/α-hetero) is 1. The molecule has 1 saturated carbocycles. The van der Waals surface area contributed by atoms with Gasteiger partial charge in [-0.05, 0) is 107 Å². The molecule has 14 heteroatoms. The largest absolute Gasteiger partial charge is 0.361 e. The number of aldehydes is 1. The highest BCUT2D eigenvalue weighted by molar-refractivity contribution is 6.22. The zero-order valence-electron chi connectivity index (χ0n) is 51.1. The van der Waals surface area contributed by atoms with Gasteiger partial charge < -0.3 is 50.0 Å². The van der Waals surface area contributed by atoms with Gasteiger partial charge in [-0.15, -0.1) is 0 Å². The maximum absolute atomic E-state index is 13.1. The summed E-state index contributed by atoms with van der Waals surface area (Å²) < 4.78 is 0. The molecule has 0 saturated heterocycles. The van der Waals surface area contributed by atoms with Crippen LogP contribution in [-0.4, -0.2) is 74.7 Å². The van der Waals surface area contributed by atoms with Crippen LogP contribution in [0.25, 0.3) is 98.1 Å². The number of hydrogen-bond donors (Lipinski definition) is 9. The summed E-state index contributed by atoms with van der Waals surface area (Å²) in [5.74, 6) is 0.778. The van der Waals surface area contributed by atoms with E-state index in [1.54, 1.807) is 12.4 Å². The molecule has 1 fully saturated rings. The van der Waals surface area contributed by atoms with E-state index in [2.05, 4.69) is 123 Å². The van der Waals surface area contributed by atoms with E-state index in [1.807, 2.05) is 158 Å². The number of fused-ring (bicyclic) bond motifs is 12. The van der Waals surface area contributed by atoms with Crippen LogP contribution >= 0.6 is 0 Å². The molecule has 0 spiro atoms. The number of carbonyl (C=O) groups is 4. The van der Waals surface area contributed by atoms with E-state index in [4.69, 9.17) is 0 Å². The van der Waals surface area contributed by atoms with Crippen molar-refractivity contribution < 1.29 is 19.2 Å². The Morgan fingerprint density at radius 1 is 0.457 bits per heavy atom. The van der Waals surface area contributed by atoms with Crippen LogP contribution in [0.3, 0.4) is 0 Å². The van der Waals surface area contributed by atoms with Gasteiger partial charge in [-0.1, -0.05) is 146 Å². The number of pyridine rings is 1. The predicted octanol–water partition coefficient (Wildman–Crippen LogP) is 16.6. The molecule has 19 rings (SSSR count). The van der Waals surface area contributed by atoms with Crippen molar-refractivity contribution in [3.05, 3.63) is 294 Å². The Labute approximate surface area is 538 Å². The van der Waals surface area contributed by atoms with Gasteiger partial charge in [0.15, 0.2) is 0 Å². The Balaban J connectivity index is 0.0000000994. The summed E-state index contributed by atoms with van der Waals surface area (Å²) >= 11 is 0. The average molecular weight is 1230 g/mol. The number of nitrogens with zero attached hydrogens (tertiary/aromatic N) is 1. The van der Waals surface area contributed by atoms with Crippen LogP contribution < -0.4 is 5.32 Å². The fourth-order valence-corrected chi connectivity index (χ4v) is 14.3. The van der Waals surface area contributed by atoms with E-state index in [0.717, 1.165) is 116 Å². The number of rotatable bonds is 11. The molecule has 1 aliphatic carbocycles. The maximum Gasteiger partial charge on any atom is 0.234 e. The lowest BCUT2D eigenvalue weighted by Crippen LogP contribution is -2.38. The highest BCUT2D eigenvalue weighted by Gasteiger charge is 2.37. The van der Waals surface area contributed by atoms with Crippen LogP contribution in [-0.2, 0) is 33.6 Å². The molecule has 9 aromatic heterocycles. The Bertz CT molecular complexity index is 5550. The Hall–Kier alpha value is -12.0. The third kappa shape index (κ3) is 10.6. The van der Waals surface area contributed by atoms with Gasteiger partial charge >= 0.3 is 0 Å². The monoisotopic (exact) mass is 1230 g/mol. The number of aromatic amines is 8. The number of benzene rings is 8.